The molecule has 0 unspecified atom stereocenters. The first-order valence-corrected chi connectivity index (χ1v) is 12.0. The number of aromatic nitrogens is 4. The Morgan fingerprint density at radius 1 is 1.09 bits per heavy atom. The molecule has 5 rings (SSSR count). The van der Waals surface area contributed by atoms with Crippen molar-refractivity contribution in [1.82, 2.24) is 24.4 Å². The molecule has 4 heterocycles. The first kappa shape index (κ1) is 22.5. The average molecular weight is 466 g/mol. The van der Waals surface area contributed by atoms with Gasteiger partial charge in [-0.05, 0) is 37.5 Å². The van der Waals surface area contributed by atoms with Crippen molar-refractivity contribution in [3.8, 4) is 0 Å². The van der Waals surface area contributed by atoms with E-state index in [2.05, 4.69) is 30.1 Å². The fourth-order valence-corrected chi connectivity index (χ4v) is 5.05. The Labute approximate surface area is 198 Å². The molecular weight excluding hydrogens is 434 g/mol. The van der Waals surface area contributed by atoms with E-state index in [9.17, 15) is 9.90 Å². The number of carbonyl (C=O) groups is 1. The molecule has 2 aliphatic rings. The fourth-order valence-electron chi connectivity index (χ4n) is 5.05. The van der Waals surface area contributed by atoms with Gasteiger partial charge in [0.15, 0.2) is 0 Å². The number of nitrogens with zero attached hydrogens (tertiary/aromatic N) is 6. The van der Waals surface area contributed by atoms with Crippen molar-refractivity contribution in [3.63, 3.8) is 0 Å². The SMILES string of the molecule is O=C(O)c1cc2cnc(Nc3ccc(N4CCN(CCCO)CC4)cn3)nc2n1C1CCCC1. The Bertz CT molecular complexity index is 1130. The topological polar surface area (TPSA) is 120 Å². The third-order valence-electron chi connectivity index (χ3n) is 6.84. The number of aliphatic hydroxyl groups excluding tert-OH is 1. The maximum absolute atomic E-state index is 11.8. The number of carboxylic acids is 1. The lowest BCUT2D eigenvalue weighted by Crippen LogP contribution is -2.46. The molecule has 0 spiro atoms. The maximum Gasteiger partial charge on any atom is 0.352 e. The molecule has 180 valence electrons. The van der Waals surface area contributed by atoms with Gasteiger partial charge in [0.1, 0.15) is 17.2 Å². The predicted octanol–water partition coefficient (Wildman–Crippen LogP) is 2.89. The van der Waals surface area contributed by atoms with E-state index in [1.807, 2.05) is 22.9 Å². The molecule has 3 aromatic heterocycles. The second kappa shape index (κ2) is 9.94. The van der Waals surface area contributed by atoms with Gasteiger partial charge in [-0.25, -0.2) is 14.8 Å². The number of piperazine rings is 1. The number of carboxylic acid groups (broad SMARTS) is 1. The summed E-state index contributed by atoms with van der Waals surface area (Å²) in [7, 11) is 0. The lowest BCUT2D eigenvalue weighted by molar-refractivity contribution is 0.0683. The zero-order valence-corrected chi connectivity index (χ0v) is 19.2. The summed E-state index contributed by atoms with van der Waals surface area (Å²) in [5.74, 6) is 0.104. The largest absolute Gasteiger partial charge is 0.477 e. The Morgan fingerprint density at radius 2 is 1.88 bits per heavy atom. The summed E-state index contributed by atoms with van der Waals surface area (Å²) < 4.78 is 1.87. The highest BCUT2D eigenvalue weighted by molar-refractivity contribution is 5.93. The van der Waals surface area contributed by atoms with Gasteiger partial charge < -0.3 is 25.0 Å². The minimum Gasteiger partial charge on any atom is -0.477 e. The maximum atomic E-state index is 11.8. The normalized spacial score (nSPS) is 17.5. The summed E-state index contributed by atoms with van der Waals surface area (Å²) in [6.45, 7) is 5.00. The second-order valence-electron chi connectivity index (χ2n) is 9.05. The van der Waals surface area contributed by atoms with Crippen LogP contribution in [0.15, 0.2) is 30.6 Å². The summed E-state index contributed by atoms with van der Waals surface area (Å²) >= 11 is 0. The zero-order chi connectivity index (χ0) is 23.5. The highest BCUT2D eigenvalue weighted by Crippen LogP contribution is 2.34. The molecule has 1 aliphatic carbocycles. The van der Waals surface area contributed by atoms with Crippen LogP contribution in [-0.2, 0) is 0 Å². The van der Waals surface area contributed by atoms with Gasteiger partial charge in [0.05, 0.1) is 11.9 Å². The van der Waals surface area contributed by atoms with Crippen LogP contribution in [0.25, 0.3) is 11.0 Å². The number of rotatable bonds is 8. The quantitative estimate of drug-likeness (QED) is 0.461. The van der Waals surface area contributed by atoms with Gasteiger partial charge in [0.2, 0.25) is 5.95 Å². The van der Waals surface area contributed by atoms with Crippen LogP contribution in [0.2, 0.25) is 0 Å². The van der Waals surface area contributed by atoms with Crippen LogP contribution in [0.5, 0.6) is 0 Å². The first-order valence-electron chi connectivity index (χ1n) is 12.0. The summed E-state index contributed by atoms with van der Waals surface area (Å²) in [6.07, 6.45) is 8.49. The molecule has 0 radical (unpaired) electrons. The molecule has 0 amide bonds. The van der Waals surface area contributed by atoms with Crippen LogP contribution in [-0.4, -0.2) is 79.9 Å². The molecule has 0 bridgehead atoms. The van der Waals surface area contributed by atoms with Crippen LogP contribution in [0.3, 0.4) is 0 Å². The van der Waals surface area contributed by atoms with Crippen LogP contribution in [0.4, 0.5) is 17.5 Å². The number of anilines is 3. The van der Waals surface area contributed by atoms with Crippen molar-refractivity contribution >= 4 is 34.5 Å². The van der Waals surface area contributed by atoms with E-state index in [-0.39, 0.29) is 18.3 Å². The van der Waals surface area contributed by atoms with Crippen LogP contribution >= 0.6 is 0 Å². The Balaban J connectivity index is 1.30. The minimum absolute atomic E-state index is 0.160. The molecule has 2 fully saturated rings. The van der Waals surface area contributed by atoms with E-state index in [4.69, 9.17) is 5.11 Å². The summed E-state index contributed by atoms with van der Waals surface area (Å²) in [5, 5.41) is 22.6. The van der Waals surface area contributed by atoms with Gasteiger partial charge in [0.25, 0.3) is 0 Å². The number of hydrogen-bond acceptors (Lipinski definition) is 8. The Kier molecular flexibility index (Phi) is 6.59. The number of aliphatic hydroxyl groups is 1. The van der Waals surface area contributed by atoms with Crippen molar-refractivity contribution in [1.29, 1.82) is 0 Å². The highest BCUT2D eigenvalue weighted by Gasteiger charge is 2.25. The van der Waals surface area contributed by atoms with Crippen LogP contribution < -0.4 is 10.2 Å². The van der Waals surface area contributed by atoms with Gasteiger partial charge in [-0.15, -0.1) is 0 Å². The van der Waals surface area contributed by atoms with Crippen molar-refractivity contribution < 1.29 is 15.0 Å². The third-order valence-corrected chi connectivity index (χ3v) is 6.84. The first-order chi connectivity index (χ1) is 16.6. The molecule has 10 heteroatoms. The Morgan fingerprint density at radius 3 is 2.56 bits per heavy atom. The smallest absolute Gasteiger partial charge is 0.352 e. The molecule has 1 saturated heterocycles. The number of aromatic carboxylic acids is 1. The molecule has 3 aromatic rings. The number of nitrogens with one attached hydrogen (secondary N) is 1. The number of pyridine rings is 1. The monoisotopic (exact) mass is 465 g/mol. The second-order valence-corrected chi connectivity index (χ2v) is 9.05. The van der Waals surface area contributed by atoms with Gasteiger partial charge in [0, 0.05) is 57.0 Å². The van der Waals surface area contributed by atoms with E-state index in [0.717, 1.165) is 75.9 Å². The van der Waals surface area contributed by atoms with E-state index in [0.29, 0.717) is 17.4 Å². The molecule has 3 N–H and O–H groups in total. The van der Waals surface area contributed by atoms with Gasteiger partial charge in [-0.3, -0.25) is 4.90 Å². The predicted molar refractivity (Wildman–Crippen MR) is 130 cm³/mol. The van der Waals surface area contributed by atoms with Gasteiger partial charge in [-0.1, -0.05) is 12.8 Å². The van der Waals surface area contributed by atoms with Gasteiger partial charge in [-0.2, -0.15) is 4.98 Å². The molecule has 0 aromatic carbocycles. The zero-order valence-electron chi connectivity index (χ0n) is 19.2. The highest BCUT2D eigenvalue weighted by atomic mass is 16.4. The minimum atomic E-state index is -0.939. The van der Waals surface area contributed by atoms with Crippen molar-refractivity contribution in [3.05, 3.63) is 36.3 Å². The lowest BCUT2D eigenvalue weighted by Gasteiger charge is -2.35. The Hall–Kier alpha value is -3.24. The van der Waals surface area contributed by atoms with E-state index in [1.54, 1.807) is 12.3 Å². The molecule has 1 aliphatic heterocycles. The standard InChI is InChI=1S/C24H31N7O3/c32-13-3-8-29-9-11-30(12-10-29)19-6-7-21(25-16-19)27-24-26-15-17-14-20(23(33)34)31(22(17)28-24)18-4-1-2-5-18/h6-7,14-16,18,32H,1-5,8-13H2,(H,33,34)(H,25,26,27,28). The molecule has 1 saturated carbocycles. The summed E-state index contributed by atoms with van der Waals surface area (Å²) in [6, 6.07) is 5.78. The molecular formula is C24H31N7O3. The fraction of sp³-hybridized carbons (Fsp3) is 0.500. The van der Waals surface area contributed by atoms with Crippen molar-refractivity contribution in [2.45, 2.75) is 38.1 Å². The van der Waals surface area contributed by atoms with E-state index in [1.165, 1.54) is 0 Å². The van der Waals surface area contributed by atoms with Gasteiger partial charge >= 0.3 is 5.97 Å². The molecule has 10 nitrogen and oxygen atoms in total. The van der Waals surface area contributed by atoms with Crippen LogP contribution in [0, 0.1) is 0 Å². The summed E-state index contributed by atoms with van der Waals surface area (Å²) in [4.78, 5) is 30.1. The lowest BCUT2D eigenvalue weighted by atomic mass is 10.2. The van der Waals surface area contributed by atoms with Crippen LogP contribution in [0.1, 0.15) is 48.6 Å². The molecule has 0 atom stereocenters. The summed E-state index contributed by atoms with van der Waals surface area (Å²) in [5.41, 5.74) is 2.00. The van der Waals surface area contributed by atoms with Crippen molar-refractivity contribution in [2.75, 3.05) is 49.5 Å². The van der Waals surface area contributed by atoms with E-state index < -0.39 is 5.97 Å². The van der Waals surface area contributed by atoms with E-state index >= 15 is 0 Å². The average Bonchev–Trinajstić information content (AvgIpc) is 3.51. The number of hydrogen-bond donors (Lipinski definition) is 3. The molecule has 34 heavy (non-hydrogen) atoms. The third kappa shape index (κ3) is 4.69. The number of fused-ring (bicyclic) bond motifs is 1. The van der Waals surface area contributed by atoms with Crippen molar-refractivity contribution in [2.24, 2.45) is 0 Å².